The summed E-state index contributed by atoms with van der Waals surface area (Å²) in [7, 11) is 0. The van der Waals surface area contributed by atoms with Crippen molar-refractivity contribution in [3.63, 3.8) is 0 Å². The van der Waals surface area contributed by atoms with Crippen LogP contribution in [0.2, 0.25) is 0 Å². The van der Waals surface area contributed by atoms with Gasteiger partial charge in [0.2, 0.25) is 0 Å². The Kier molecular flexibility index (Phi) is 5.80. The van der Waals surface area contributed by atoms with E-state index in [-0.39, 0.29) is 29.1 Å². The Balaban J connectivity index is 0.00000220. The SMILES string of the molecule is Cc1cc(=O)oc2cc(OC(=O)CSC(=N)N)ccc12.Cl. The number of nitrogens with one attached hydrogen (secondary N) is 1. The standard InChI is InChI=1S/C13H12N2O4S.ClH/c1-7-4-11(16)19-10-5-8(2-3-9(7)10)18-12(17)6-20-13(14)15;/h2-5H,6H2,1H3,(H3,14,15);1H. The summed E-state index contributed by atoms with van der Waals surface area (Å²) < 4.78 is 10.1. The molecule has 0 radical (unpaired) electrons. The fourth-order valence-electron chi connectivity index (χ4n) is 1.67. The Bertz CT molecular complexity index is 745. The number of halogens is 1. The van der Waals surface area contributed by atoms with E-state index in [4.69, 9.17) is 20.3 Å². The van der Waals surface area contributed by atoms with Gasteiger partial charge in [-0.25, -0.2) is 4.79 Å². The van der Waals surface area contributed by atoms with Gasteiger partial charge in [-0.3, -0.25) is 10.2 Å². The number of rotatable bonds is 3. The maximum atomic E-state index is 11.5. The van der Waals surface area contributed by atoms with Crippen LogP contribution in [-0.4, -0.2) is 16.9 Å². The fraction of sp³-hybridized carbons (Fsp3) is 0.154. The number of nitrogens with two attached hydrogens (primary N) is 1. The van der Waals surface area contributed by atoms with Gasteiger partial charge in [0.25, 0.3) is 0 Å². The highest BCUT2D eigenvalue weighted by Crippen LogP contribution is 2.22. The first-order valence-corrected chi connectivity index (χ1v) is 6.66. The molecule has 0 unspecified atom stereocenters. The van der Waals surface area contributed by atoms with Gasteiger partial charge in [-0.2, -0.15) is 0 Å². The molecule has 0 aliphatic rings. The Morgan fingerprint density at radius 1 is 1.43 bits per heavy atom. The third-order valence-corrected chi connectivity index (χ3v) is 3.19. The van der Waals surface area contributed by atoms with E-state index in [1.165, 1.54) is 12.1 Å². The van der Waals surface area contributed by atoms with Crippen molar-refractivity contribution in [2.45, 2.75) is 6.92 Å². The van der Waals surface area contributed by atoms with Crippen LogP contribution < -0.4 is 16.1 Å². The molecule has 112 valence electrons. The number of fused-ring (bicyclic) bond motifs is 1. The van der Waals surface area contributed by atoms with Gasteiger partial charge in [0.1, 0.15) is 11.3 Å². The van der Waals surface area contributed by atoms with Crippen molar-refractivity contribution in [3.8, 4) is 5.75 Å². The van der Waals surface area contributed by atoms with Crippen LogP contribution in [0.25, 0.3) is 11.0 Å². The summed E-state index contributed by atoms with van der Waals surface area (Å²) in [6.07, 6.45) is 0. The lowest BCUT2D eigenvalue weighted by molar-refractivity contribution is -0.131. The van der Waals surface area contributed by atoms with Crippen LogP contribution in [0, 0.1) is 12.3 Å². The largest absolute Gasteiger partial charge is 0.426 e. The molecule has 1 heterocycles. The monoisotopic (exact) mass is 328 g/mol. The maximum Gasteiger partial charge on any atom is 0.336 e. The Labute approximate surface area is 130 Å². The first kappa shape index (κ1) is 17.1. The summed E-state index contributed by atoms with van der Waals surface area (Å²) >= 11 is 0.880. The van der Waals surface area contributed by atoms with Crippen molar-refractivity contribution in [1.82, 2.24) is 0 Å². The molecule has 0 bridgehead atoms. The van der Waals surface area contributed by atoms with E-state index in [0.29, 0.717) is 5.58 Å². The number of esters is 1. The number of carbonyl (C=O) groups is 1. The Morgan fingerprint density at radius 3 is 2.81 bits per heavy atom. The summed E-state index contributed by atoms with van der Waals surface area (Å²) in [5.74, 6) is -0.301. The van der Waals surface area contributed by atoms with Gasteiger partial charge in [0.05, 0.1) is 5.75 Å². The van der Waals surface area contributed by atoms with E-state index in [1.807, 2.05) is 0 Å². The molecule has 1 aromatic carbocycles. The molecule has 2 aromatic rings. The van der Waals surface area contributed by atoms with E-state index in [9.17, 15) is 9.59 Å². The molecule has 0 saturated carbocycles. The van der Waals surface area contributed by atoms with Gasteiger partial charge in [-0.15, -0.1) is 12.4 Å². The lowest BCUT2D eigenvalue weighted by Gasteiger charge is -2.05. The molecule has 0 amide bonds. The van der Waals surface area contributed by atoms with E-state index >= 15 is 0 Å². The number of benzene rings is 1. The van der Waals surface area contributed by atoms with Crippen molar-refractivity contribution in [2.24, 2.45) is 5.73 Å². The van der Waals surface area contributed by atoms with Crippen LogP contribution >= 0.6 is 24.2 Å². The molecular weight excluding hydrogens is 316 g/mol. The second-order valence-electron chi connectivity index (χ2n) is 4.03. The number of amidine groups is 1. The molecule has 8 heteroatoms. The van der Waals surface area contributed by atoms with Crippen LogP contribution in [0.3, 0.4) is 0 Å². The van der Waals surface area contributed by atoms with Crippen molar-refractivity contribution < 1.29 is 13.9 Å². The lowest BCUT2D eigenvalue weighted by atomic mass is 10.1. The average Bonchev–Trinajstić information content (AvgIpc) is 2.35. The number of hydrogen-bond donors (Lipinski definition) is 2. The quantitative estimate of drug-likeness (QED) is 0.293. The van der Waals surface area contributed by atoms with Gasteiger partial charge < -0.3 is 14.9 Å². The highest BCUT2D eigenvalue weighted by molar-refractivity contribution is 8.14. The minimum absolute atomic E-state index is 0. The number of hydrogen-bond acceptors (Lipinski definition) is 6. The van der Waals surface area contributed by atoms with Crippen LogP contribution in [0.1, 0.15) is 5.56 Å². The van der Waals surface area contributed by atoms with Crippen molar-refractivity contribution in [2.75, 3.05) is 5.75 Å². The first-order valence-electron chi connectivity index (χ1n) is 5.68. The fourth-order valence-corrected chi connectivity index (χ4v) is 2.00. The number of carbonyl (C=O) groups excluding carboxylic acids is 1. The summed E-state index contributed by atoms with van der Waals surface area (Å²) in [6, 6.07) is 6.22. The third kappa shape index (κ3) is 4.51. The first-order chi connectivity index (χ1) is 9.45. The van der Waals surface area contributed by atoms with Crippen molar-refractivity contribution >= 4 is 46.3 Å². The minimum atomic E-state index is -0.528. The summed E-state index contributed by atoms with van der Waals surface area (Å²) in [6.45, 7) is 1.80. The molecular formula is C13H13ClN2O4S. The molecule has 3 N–H and O–H groups in total. The number of ether oxygens (including phenoxy) is 1. The molecule has 1 aromatic heterocycles. The summed E-state index contributed by atoms with van der Waals surface area (Å²) in [4.78, 5) is 22.8. The maximum absolute atomic E-state index is 11.5. The van der Waals surface area contributed by atoms with Crippen molar-refractivity contribution in [1.29, 1.82) is 5.41 Å². The number of thioether (sulfide) groups is 1. The molecule has 0 saturated heterocycles. The topological polar surface area (TPSA) is 106 Å². The molecule has 2 rings (SSSR count). The van der Waals surface area contributed by atoms with E-state index in [2.05, 4.69) is 0 Å². The van der Waals surface area contributed by atoms with E-state index < -0.39 is 11.6 Å². The van der Waals surface area contributed by atoms with Crippen LogP contribution in [0.5, 0.6) is 5.75 Å². The van der Waals surface area contributed by atoms with E-state index in [1.54, 1.807) is 19.1 Å². The molecule has 0 atom stereocenters. The molecule has 0 fully saturated rings. The van der Waals surface area contributed by atoms with Crippen LogP contribution in [0.4, 0.5) is 0 Å². The molecule has 0 aliphatic heterocycles. The Hall–Kier alpha value is -1.99. The molecule has 21 heavy (non-hydrogen) atoms. The smallest absolute Gasteiger partial charge is 0.336 e. The van der Waals surface area contributed by atoms with Gasteiger partial charge >= 0.3 is 11.6 Å². The Morgan fingerprint density at radius 2 is 2.14 bits per heavy atom. The minimum Gasteiger partial charge on any atom is -0.426 e. The van der Waals surface area contributed by atoms with Gasteiger partial charge in [0.15, 0.2) is 5.17 Å². The molecule has 6 nitrogen and oxygen atoms in total. The number of aryl methyl sites for hydroxylation is 1. The summed E-state index contributed by atoms with van der Waals surface area (Å²) in [5, 5.41) is 7.63. The highest BCUT2D eigenvalue weighted by Gasteiger charge is 2.09. The lowest BCUT2D eigenvalue weighted by Crippen LogP contribution is -2.14. The predicted octanol–water partition coefficient (Wildman–Crippen LogP) is 2.06. The van der Waals surface area contributed by atoms with Crippen molar-refractivity contribution in [3.05, 3.63) is 40.2 Å². The zero-order valence-electron chi connectivity index (χ0n) is 11.0. The average molecular weight is 329 g/mol. The third-order valence-electron chi connectivity index (χ3n) is 2.50. The van der Waals surface area contributed by atoms with Crippen LogP contribution in [0.15, 0.2) is 33.5 Å². The zero-order valence-corrected chi connectivity index (χ0v) is 12.7. The normalized spacial score (nSPS) is 9.95. The highest BCUT2D eigenvalue weighted by atomic mass is 35.5. The summed E-state index contributed by atoms with van der Waals surface area (Å²) in [5.41, 5.74) is 5.83. The van der Waals surface area contributed by atoms with Gasteiger partial charge in [-0.1, -0.05) is 11.8 Å². The van der Waals surface area contributed by atoms with Gasteiger partial charge in [0, 0.05) is 17.5 Å². The van der Waals surface area contributed by atoms with Crippen LogP contribution in [-0.2, 0) is 4.79 Å². The van der Waals surface area contributed by atoms with E-state index in [0.717, 1.165) is 22.7 Å². The second-order valence-corrected chi connectivity index (χ2v) is 5.05. The predicted molar refractivity (Wildman–Crippen MR) is 84.5 cm³/mol. The van der Waals surface area contributed by atoms with Gasteiger partial charge in [-0.05, 0) is 24.6 Å². The molecule has 0 aliphatic carbocycles. The second kappa shape index (κ2) is 7.14. The zero-order chi connectivity index (χ0) is 14.7. The molecule has 0 spiro atoms.